The van der Waals surface area contributed by atoms with Gasteiger partial charge in [0.25, 0.3) is 0 Å². The number of aromatic nitrogens is 2. The fourth-order valence-electron chi connectivity index (χ4n) is 3.69. The zero-order valence-corrected chi connectivity index (χ0v) is 15.7. The van der Waals surface area contributed by atoms with Crippen molar-refractivity contribution in [1.29, 1.82) is 0 Å². The van der Waals surface area contributed by atoms with E-state index < -0.39 is 0 Å². The molecule has 0 spiro atoms. The second kappa shape index (κ2) is 7.19. The Morgan fingerprint density at radius 3 is 2.61 bits per heavy atom. The molecule has 4 nitrogen and oxygen atoms in total. The van der Waals surface area contributed by atoms with E-state index in [0.29, 0.717) is 12.0 Å². The van der Waals surface area contributed by atoms with Crippen molar-refractivity contribution in [3.8, 4) is 5.69 Å². The molecule has 1 aliphatic carbocycles. The molecule has 4 rings (SSSR count). The molecule has 1 heterocycles. The molecule has 1 aliphatic rings. The first-order chi connectivity index (χ1) is 13.5. The van der Waals surface area contributed by atoms with Gasteiger partial charge < -0.3 is 5.32 Å². The van der Waals surface area contributed by atoms with Crippen molar-refractivity contribution in [1.82, 2.24) is 15.1 Å². The van der Waals surface area contributed by atoms with E-state index in [2.05, 4.69) is 10.4 Å². The Kier molecular flexibility index (Phi) is 4.71. The van der Waals surface area contributed by atoms with Gasteiger partial charge in [-0.15, -0.1) is 0 Å². The molecule has 1 saturated carbocycles. The molecule has 0 saturated heterocycles. The summed E-state index contributed by atoms with van der Waals surface area (Å²) >= 11 is 0. The van der Waals surface area contributed by atoms with E-state index >= 15 is 0 Å². The van der Waals surface area contributed by atoms with E-state index in [4.69, 9.17) is 0 Å². The Morgan fingerprint density at radius 2 is 1.89 bits per heavy atom. The van der Waals surface area contributed by atoms with Gasteiger partial charge in [-0.05, 0) is 62.1 Å². The number of nitrogens with one attached hydrogen (secondary N) is 1. The molecule has 144 valence electrons. The summed E-state index contributed by atoms with van der Waals surface area (Å²) in [7, 11) is 0. The molecular formula is C22H21F2N3O. The van der Waals surface area contributed by atoms with Crippen molar-refractivity contribution in [2.24, 2.45) is 5.92 Å². The first-order valence-electron chi connectivity index (χ1n) is 9.31. The average molecular weight is 381 g/mol. The molecule has 1 aromatic heterocycles. The fraction of sp³-hybridized carbons (Fsp3) is 0.273. The van der Waals surface area contributed by atoms with Gasteiger partial charge in [0.15, 0.2) is 0 Å². The second-order valence-corrected chi connectivity index (χ2v) is 7.27. The first kappa shape index (κ1) is 18.3. The maximum Gasteiger partial charge on any atom is 0.224 e. The number of hydrogen-bond donors (Lipinski definition) is 1. The molecule has 0 radical (unpaired) electrons. The van der Waals surface area contributed by atoms with Crippen LogP contribution in [-0.4, -0.2) is 15.7 Å². The van der Waals surface area contributed by atoms with Gasteiger partial charge in [0.1, 0.15) is 11.6 Å². The smallest absolute Gasteiger partial charge is 0.224 e. The number of carbonyl (C=O) groups is 1. The van der Waals surface area contributed by atoms with Gasteiger partial charge in [0.2, 0.25) is 5.91 Å². The van der Waals surface area contributed by atoms with Crippen molar-refractivity contribution in [2.45, 2.75) is 32.2 Å². The van der Waals surface area contributed by atoms with Crippen molar-refractivity contribution < 1.29 is 13.6 Å². The predicted molar refractivity (Wildman–Crippen MR) is 102 cm³/mol. The largest absolute Gasteiger partial charge is 0.349 e. The lowest BCUT2D eigenvalue weighted by atomic mass is 10.1. The van der Waals surface area contributed by atoms with Crippen LogP contribution < -0.4 is 5.32 Å². The molecule has 6 heteroatoms. The third kappa shape index (κ3) is 3.42. The standard InChI is InChI=1S/C22H21F2N3O/c1-13(20-12-25-27(14(20)2)16-9-7-15(23)8-10-16)26-22(28)19-11-18(19)17-5-3-4-6-21(17)24/h3-10,12-13,18-19H,11H2,1-2H3,(H,26,28). The summed E-state index contributed by atoms with van der Waals surface area (Å²) in [6, 6.07) is 12.5. The molecule has 3 aromatic rings. The molecule has 1 N–H and O–H groups in total. The quantitative estimate of drug-likeness (QED) is 0.710. The van der Waals surface area contributed by atoms with Gasteiger partial charge in [-0.1, -0.05) is 18.2 Å². The number of halogens is 2. The molecule has 3 unspecified atom stereocenters. The van der Waals surface area contributed by atoms with Crippen LogP contribution in [0.2, 0.25) is 0 Å². The van der Waals surface area contributed by atoms with Crippen molar-refractivity contribution >= 4 is 5.91 Å². The molecule has 2 aromatic carbocycles. The molecule has 0 bridgehead atoms. The van der Waals surface area contributed by atoms with E-state index in [0.717, 1.165) is 16.9 Å². The van der Waals surface area contributed by atoms with Crippen LogP contribution in [0, 0.1) is 24.5 Å². The molecule has 0 aliphatic heterocycles. The number of rotatable bonds is 5. The van der Waals surface area contributed by atoms with E-state index in [9.17, 15) is 13.6 Å². The van der Waals surface area contributed by atoms with Gasteiger partial charge in [0.05, 0.1) is 17.9 Å². The van der Waals surface area contributed by atoms with Crippen molar-refractivity contribution in [3.05, 3.63) is 83.2 Å². The Hall–Kier alpha value is -3.02. The normalized spacial score (nSPS) is 19.3. The summed E-state index contributed by atoms with van der Waals surface area (Å²) in [5, 5.41) is 7.39. The van der Waals surface area contributed by atoms with Crippen LogP contribution in [0.4, 0.5) is 8.78 Å². The first-order valence-corrected chi connectivity index (χ1v) is 9.31. The summed E-state index contributed by atoms with van der Waals surface area (Å²) in [6.45, 7) is 3.81. The van der Waals surface area contributed by atoms with Crippen molar-refractivity contribution in [2.75, 3.05) is 0 Å². The Morgan fingerprint density at radius 1 is 1.18 bits per heavy atom. The summed E-state index contributed by atoms with van der Waals surface area (Å²) < 4.78 is 28.8. The van der Waals surface area contributed by atoms with Crippen LogP contribution in [0.15, 0.2) is 54.7 Å². The zero-order valence-electron chi connectivity index (χ0n) is 15.7. The highest BCUT2D eigenvalue weighted by molar-refractivity contribution is 5.83. The van der Waals surface area contributed by atoms with Crippen LogP contribution in [0.3, 0.4) is 0 Å². The lowest BCUT2D eigenvalue weighted by Crippen LogP contribution is -2.28. The van der Waals surface area contributed by atoms with E-state index in [1.54, 1.807) is 41.2 Å². The maximum atomic E-state index is 13.9. The third-order valence-electron chi connectivity index (χ3n) is 5.38. The van der Waals surface area contributed by atoms with Gasteiger partial charge in [-0.2, -0.15) is 5.10 Å². The van der Waals surface area contributed by atoms with E-state index in [1.165, 1.54) is 18.2 Å². The summed E-state index contributed by atoms with van der Waals surface area (Å²) in [6.07, 6.45) is 2.37. The molecule has 1 fully saturated rings. The van der Waals surface area contributed by atoms with Crippen molar-refractivity contribution in [3.63, 3.8) is 0 Å². The second-order valence-electron chi connectivity index (χ2n) is 7.27. The van der Waals surface area contributed by atoms with Crippen LogP contribution >= 0.6 is 0 Å². The highest BCUT2D eigenvalue weighted by atomic mass is 19.1. The number of benzene rings is 2. The van der Waals surface area contributed by atoms with Gasteiger partial charge in [0, 0.05) is 17.2 Å². The minimum absolute atomic E-state index is 0.0589. The maximum absolute atomic E-state index is 13.9. The van der Waals surface area contributed by atoms with E-state index in [1.807, 2.05) is 13.8 Å². The Bertz CT molecular complexity index is 1010. The molecular weight excluding hydrogens is 360 g/mol. The van der Waals surface area contributed by atoms with Crippen LogP contribution in [0.25, 0.3) is 5.69 Å². The van der Waals surface area contributed by atoms with Crippen LogP contribution in [0.5, 0.6) is 0 Å². The summed E-state index contributed by atoms with van der Waals surface area (Å²) in [4.78, 5) is 12.6. The Labute approximate surface area is 162 Å². The minimum atomic E-state index is -0.303. The highest BCUT2D eigenvalue weighted by Crippen LogP contribution is 2.48. The average Bonchev–Trinajstić information content (AvgIpc) is 3.38. The lowest BCUT2D eigenvalue weighted by molar-refractivity contribution is -0.123. The molecule has 3 atom stereocenters. The van der Waals surface area contributed by atoms with Crippen LogP contribution in [0.1, 0.15) is 42.1 Å². The number of hydrogen-bond acceptors (Lipinski definition) is 2. The minimum Gasteiger partial charge on any atom is -0.349 e. The number of carbonyl (C=O) groups excluding carboxylic acids is 1. The summed E-state index contributed by atoms with van der Waals surface area (Å²) in [5.41, 5.74) is 3.13. The lowest BCUT2D eigenvalue weighted by Gasteiger charge is -2.14. The van der Waals surface area contributed by atoms with Crippen LogP contribution in [-0.2, 0) is 4.79 Å². The van der Waals surface area contributed by atoms with Gasteiger partial charge >= 0.3 is 0 Å². The highest BCUT2D eigenvalue weighted by Gasteiger charge is 2.45. The zero-order chi connectivity index (χ0) is 19.8. The third-order valence-corrected chi connectivity index (χ3v) is 5.38. The predicted octanol–water partition coefficient (Wildman–Crippen LogP) is 4.44. The Balaban J connectivity index is 1.45. The molecule has 1 amide bonds. The summed E-state index contributed by atoms with van der Waals surface area (Å²) in [5.74, 6) is -0.895. The van der Waals surface area contributed by atoms with E-state index in [-0.39, 0.29) is 35.4 Å². The fourth-order valence-corrected chi connectivity index (χ4v) is 3.69. The van der Waals surface area contributed by atoms with Gasteiger partial charge in [-0.25, -0.2) is 13.5 Å². The molecule has 28 heavy (non-hydrogen) atoms. The topological polar surface area (TPSA) is 46.9 Å². The van der Waals surface area contributed by atoms with Gasteiger partial charge in [-0.3, -0.25) is 4.79 Å². The SMILES string of the molecule is Cc1c(C(C)NC(=O)C2CC2c2ccccc2F)cnn1-c1ccc(F)cc1. The number of nitrogens with zero attached hydrogens (tertiary/aromatic N) is 2. The number of amides is 1. The monoisotopic (exact) mass is 381 g/mol.